The second-order valence-corrected chi connectivity index (χ2v) is 7.39. The number of carbonyl (C=O) groups is 1. The van der Waals surface area contributed by atoms with Crippen molar-refractivity contribution in [2.45, 2.75) is 26.2 Å². The molecule has 6 nitrogen and oxygen atoms in total. The molecule has 0 N–H and O–H groups in total. The molecule has 2 fully saturated rings. The van der Waals surface area contributed by atoms with Gasteiger partial charge in [-0.25, -0.2) is 4.98 Å². The van der Waals surface area contributed by atoms with Gasteiger partial charge in [0.1, 0.15) is 5.82 Å². The second-order valence-electron chi connectivity index (χ2n) is 7.39. The van der Waals surface area contributed by atoms with E-state index in [9.17, 15) is 4.79 Å². The van der Waals surface area contributed by atoms with Gasteiger partial charge in [0.2, 0.25) is 0 Å². The van der Waals surface area contributed by atoms with E-state index in [0.29, 0.717) is 0 Å². The van der Waals surface area contributed by atoms with Crippen molar-refractivity contribution in [3.63, 3.8) is 0 Å². The van der Waals surface area contributed by atoms with Crippen molar-refractivity contribution < 1.29 is 4.79 Å². The van der Waals surface area contributed by atoms with Crippen molar-refractivity contribution in [2.24, 2.45) is 0 Å². The van der Waals surface area contributed by atoms with Crippen LogP contribution in [0.1, 0.15) is 35.3 Å². The lowest BCUT2D eigenvalue weighted by molar-refractivity contribution is 0.0792. The van der Waals surface area contributed by atoms with E-state index < -0.39 is 0 Å². The van der Waals surface area contributed by atoms with Crippen LogP contribution < -0.4 is 9.80 Å². The van der Waals surface area contributed by atoms with Gasteiger partial charge in [-0.2, -0.15) is 0 Å². The predicted molar refractivity (Wildman–Crippen MR) is 107 cm³/mol. The summed E-state index contributed by atoms with van der Waals surface area (Å²) in [5.41, 5.74) is 3.03. The number of likely N-dealkylation sites (tertiary alicyclic amines) is 1. The zero-order chi connectivity index (χ0) is 18.6. The van der Waals surface area contributed by atoms with Crippen molar-refractivity contribution in [2.75, 3.05) is 49.1 Å². The summed E-state index contributed by atoms with van der Waals surface area (Å²) in [6, 6.07) is 8.03. The Labute approximate surface area is 160 Å². The van der Waals surface area contributed by atoms with Gasteiger partial charge in [0.25, 0.3) is 5.91 Å². The van der Waals surface area contributed by atoms with Crippen LogP contribution in [0.3, 0.4) is 0 Å². The largest absolute Gasteiger partial charge is 0.370 e. The number of aryl methyl sites for hydroxylation is 1. The summed E-state index contributed by atoms with van der Waals surface area (Å²) in [5, 5.41) is 0. The van der Waals surface area contributed by atoms with Gasteiger partial charge >= 0.3 is 0 Å². The molecule has 0 aromatic carbocycles. The third-order valence-electron chi connectivity index (χ3n) is 5.45. The molecule has 0 bridgehead atoms. The van der Waals surface area contributed by atoms with Crippen molar-refractivity contribution in [1.82, 2.24) is 14.9 Å². The lowest BCUT2D eigenvalue weighted by atomic mass is 10.2. The van der Waals surface area contributed by atoms with Crippen LogP contribution in [0.4, 0.5) is 11.5 Å². The maximum Gasteiger partial charge on any atom is 0.254 e. The van der Waals surface area contributed by atoms with Crippen molar-refractivity contribution in [3.05, 3.63) is 47.9 Å². The molecule has 2 aliphatic heterocycles. The molecule has 0 radical (unpaired) electrons. The minimum atomic E-state index is 0.139. The van der Waals surface area contributed by atoms with Gasteiger partial charge in [0, 0.05) is 68.6 Å². The zero-order valence-corrected chi connectivity index (χ0v) is 16.0. The molecule has 6 heteroatoms. The summed E-state index contributed by atoms with van der Waals surface area (Å²) < 4.78 is 0. The number of nitrogens with zero attached hydrogens (tertiary/aromatic N) is 5. The SMILES string of the molecule is Cc1cc(N2CCCN(c3cc(C(=O)N4CCCC4)ccn3)CC2)ccn1. The highest BCUT2D eigenvalue weighted by Gasteiger charge is 2.21. The van der Waals surface area contributed by atoms with Crippen molar-refractivity contribution in [3.8, 4) is 0 Å². The summed E-state index contributed by atoms with van der Waals surface area (Å²) in [6.07, 6.45) is 6.93. The first-order valence-electron chi connectivity index (χ1n) is 9.88. The predicted octanol–water partition coefficient (Wildman–Crippen LogP) is 2.74. The molecule has 2 aromatic rings. The van der Waals surface area contributed by atoms with E-state index >= 15 is 0 Å². The Morgan fingerprint density at radius 1 is 0.852 bits per heavy atom. The number of amides is 1. The Morgan fingerprint density at radius 2 is 1.59 bits per heavy atom. The van der Waals surface area contributed by atoms with Crippen LogP contribution >= 0.6 is 0 Å². The molecule has 0 saturated carbocycles. The molecule has 1 amide bonds. The molecule has 0 aliphatic carbocycles. The van der Waals surface area contributed by atoms with Crippen LogP contribution in [0.15, 0.2) is 36.7 Å². The first kappa shape index (κ1) is 17.8. The normalized spacial score (nSPS) is 17.9. The van der Waals surface area contributed by atoms with Crippen LogP contribution in [0.5, 0.6) is 0 Å². The lowest BCUT2D eigenvalue weighted by Gasteiger charge is -2.24. The van der Waals surface area contributed by atoms with Gasteiger partial charge in [0.15, 0.2) is 0 Å². The molecule has 2 aromatic heterocycles. The van der Waals surface area contributed by atoms with Crippen LogP contribution in [-0.4, -0.2) is 60.0 Å². The van der Waals surface area contributed by atoms with E-state index in [1.807, 2.05) is 30.2 Å². The first-order valence-corrected chi connectivity index (χ1v) is 9.88. The lowest BCUT2D eigenvalue weighted by Crippen LogP contribution is -2.32. The number of carbonyl (C=O) groups excluding carboxylic acids is 1. The van der Waals surface area contributed by atoms with Crippen LogP contribution in [0.25, 0.3) is 0 Å². The summed E-state index contributed by atoms with van der Waals surface area (Å²) in [5.74, 6) is 1.05. The highest BCUT2D eigenvalue weighted by molar-refractivity contribution is 5.95. The Hall–Kier alpha value is -2.63. The summed E-state index contributed by atoms with van der Waals surface area (Å²) in [7, 11) is 0. The monoisotopic (exact) mass is 365 g/mol. The Morgan fingerprint density at radius 3 is 2.41 bits per heavy atom. The van der Waals surface area contributed by atoms with Gasteiger partial charge in [0.05, 0.1) is 0 Å². The van der Waals surface area contributed by atoms with Crippen molar-refractivity contribution >= 4 is 17.4 Å². The van der Waals surface area contributed by atoms with E-state index in [-0.39, 0.29) is 5.91 Å². The second kappa shape index (κ2) is 7.94. The molecular formula is C21H27N5O. The van der Waals surface area contributed by atoms with Crippen LogP contribution in [0.2, 0.25) is 0 Å². The van der Waals surface area contributed by atoms with E-state index in [1.165, 1.54) is 5.69 Å². The fourth-order valence-corrected chi connectivity index (χ4v) is 3.96. The summed E-state index contributed by atoms with van der Waals surface area (Å²) in [6.45, 7) is 7.59. The van der Waals surface area contributed by atoms with Crippen molar-refractivity contribution in [1.29, 1.82) is 0 Å². The standard InChI is InChI=1S/C21H27N5O/c1-17-15-19(6-8-22-17)24-11-4-12-25(14-13-24)20-16-18(5-7-23-20)21(27)26-9-2-3-10-26/h5-8,15-16H,2-4,9-14H2,1H3. The maximum atomic E-state index is 12.7. The average Bonchev–Trinajstić information content (AvgIpc) is 3.12. The topological polar surface area (TPSA) is 52.6 Å². The molecule has 4 heterocycles. The van der Waals surface area contributed by atoms with Gasteiger partial charge < -0.3 is 14.7 Å². The molecule has 0 unspecified atom stereocenters. The number of rotatable bonds is 3. The first-order chi connectivity index (χ1) is 13.2. The smallest absolute Gasteiger partial charge is 0.254 e. The highest BCUT2D eigenvalue weighted by atomic mass is 16.2. The molecule has 27 heavy (non-hydrogen) atoms. The molecule has 2 saturated heterocycles. The zero-order valence-electron chi connectivity index (χ0n) is 16.0. The van der Waals surface area contributed by atoms with E-state index in [4.69, 9.17) is 0 Å². The van der Waals surface area contributed by atoms with Gasteiger partial charge in [-0.1, -0.05) is 0 Å². The third-order valence-corrected chi connectivity index (χ3v) is 5.45. The van der Waals surface area contributed by atoms with Gasteiger partial charge in [-0.05, 0) is 50.5 Å². The minimum Gasteiger partial charge on any atom is -0.370 e. The molecule has 4 rings (SSSR count). The quantitative estimate of drug-likeness (QED) is 0.837. The highest BCUT2D eigenvalue weighted by Crippen LogP contribution is 2.21. The minimum absolute atomic E-state index is 0.139. The number of pyridine rings is 2. The van der Waals surface area contributed by atoms with Crippen LogP contribution in [0, 0.1) is 6.92 Å². The molecule has 0 atom stereocenters. The fraction of sp³-hybridized carbons (Fsp3) is 0.476. The Bertz CT molecular complexity index is 803. The Balaban J connectivity index is 1.46. The third kappa shape index (κ3) is 4.04. The molecule has 142 valence electrons. The van der Waals surface area contributed by atoms with E-state index in [0.717, 1.165) is 75.6 Å². The summed E-state index contributed by atoms with van der Waals surface area (Å²) in [4.78, 5) is 28.2. The molecule has 2 aliphatic rings. The number of aromatic nitrogens is 2. The average molecular weight is 365 g/mol. The van der Waals surface area contributed by atoms with E-state index in [1.54, 1.807) is 6.20 Å². The Kier molecular flexibility index (Phi) is 5.23. The summed E-state index contributed by atoms with van der Waals surface area (Å²) >= 11 is 0. The van der Waals surface area contributed by atoms with Crippen LogP contribution in [-0.2, 0) is 0 Å². The maximum absolute atomic E-state index is 12.7. The molecule has 0 spiro atoms. The van der Waals surface area contributed by atoms with Gasteiger partial charge in [-0.3, -0.25) is 9.78 Å². The molecular weight excluding hydrogens is 338 g/mol. The van der Waals surface area contributed by atoms with E-state index in [2.05, 4.69) is 31.9 Å². The van der Waals surface area contributed by atoms with Gasteiger partial charge in [-0.15, -0.1) is 0 Å². The number of hydrogen-bond donors (Lipinski definition) is 0. The number of anilines is 2. The number of hydrogen-bond acceptors (Lipinski definition) is 5. The fourth-order valence-electron chi connectivity index (χ4n) is 3.96.